The number of hydrogen-bond donors (Lipinski definition) is 5. The van der Waals surface area contributed by atoms with Gasteiger partial charge in [0.1, 0.15) is 0 Å². The molecule has 5 N–H and O–H groups in total. The summed E-state index contributed by atoms with van der Waals surface area (Å²) in [5, 5.41) is 46.4. The van der Waals surface area contributed by atoms with Crippen molar-refractivity contribution in [3.8, 4) is 0 Å². The summed E-state index contributed by atoms with van der Waals surface area (Å²) in [4.78, 5) is 60.6. The Morgan fingerprint density at radius 2 is 1.05 bits per heavy atom. The van der Waals surface area contributed by atoms with E-state index in [9.17, 15) is 39.3 Å². The Kier molecular flexibility index (Phi) is 12.8. The van der Waals surface area contributed by atoms with Gasteiger partial charge in [0.25, 0.3) is 0 Å². The highest BCUT2D eigenvalue weighted by Crippen LogP contribution is 2.23. The van der Waals surface area contributed by atoms with Gasteiger partial charge in [-0.05, 0) is 23.0 Å². The monoisotopic (exact) mass is 539 g/mol. The van der Waals surface area contributed by atoms with E-state index in [1.54, 1.807) is 0 Å². The molecule has 0 aromatic heterocycles. The Morgan fingerprint density at radius 3 is 1.45 bits per heavy atom. The Bertz CT molecular complexity index is 943. The van der Waals surface area contributed by atoms with Crippen molar-refractivity contribution in [3.05, 3.63) is 35.4 Å². The van der Waals surface area contributed by atoms with Crippen LogP contribution in [0, 0.1) is 0 Å². The summed E-state index contributed by atoms with van der Waals surface area (Å²) >= 11 is 0. The van der Waals surface area contributed by atoms with E-state index in [4.69, 9.17) is 10.2 Å². The number of carboxylic acid groups (broad SMARTS) is 5. The third-order valence-electron chi connectivity index (χ3n) is 5.76. The molecule has 13 nitrogen and oxygen atoms in total. The lowest BCUT2D eigenvalue weighted by molar-refractivity contribution is -0.144. The first-order valence-corrected chi connectivity index (χ1v) is 11.9. The van der Waals surface area contributed by atoms with E-state index >= 15 is 0 Å². The molecule has 0 saturated heterocycles. The van der Waals surface area contributed by atoms with Gasteiger partial charge in [-0.25, -0.2) is 0 Å². The van der Waals surface area contributed by atoms with E-state index in [-0.39, 0.29) is 31.5 Å². The van der Waals surface area contributed by atoms with Crippen LogP contribution < -0.4 is 0 Å². The normalized spacial score (nSPS) is 12.6. The first-order valence-electron chi connectivity index (χ1n) is 11.9. The lowest BCUT2D eigenvalue weighted by Gasteiger charge is -2.34. The zero-order valence-corrected chi connectivity index (χ0v) is 21.9. The van der Waals surface area contributed by atoms with E-state index in [1.807, 2.05) is 45.0 Å². The highest BCUT2D eigenvalue weighted by atomic mass is 16.4. The van der Waals surface area contributed by atoms with Crippen molar-refractivity contribution in [2.75, 3.05) is 52.4 Å². The number of aliphatic carboxylic acids is 5. The van der Waals surface area contributed by atoms with Crippen LogP contribution in [0.3, 0.4) is 0 Å². The number of benzene rings is 1. The SMILES string of the molecule is CC(C)(C)c1ccc(C[C@@H](CN(CCN(CC(=O)O)CC(=O)O)CC(=O)O)N(CC(=O)O)CC(=O)O)cc1. The minimum Gasteiger partial charge on any atom is -0.480 e. The summed E-state index contributed by atoms with van der Waals surface area (Å²) < 4.78 is 0. The van der Waals surface area contributed by atoms with E-state index in [1.165, 1.54) is 9.80 Å². The van der Waals surface area contributed by atoms with Crippen LogP contribution in [0.1, 0.15) is 31.9 Å². The summed E-state index contributed by atoms with van der Waals surface area (Å²) in [6.45, 7) is 3.14. The smallest absolute Gasteiger partial charge is 0.317 e. The molecule has 38 heavy (non-hydrogen) atoms. The first-order chi connectivity index (χ1) is 17.6. The molecule has 0 heterocycles. The van der Waals surface area contributed by atoms with Gasteiger partial charge < -0.3 is 25.5 Å². The molecule has 212 valence electrons. The van der Waals surface area contributed by atoms with Crippen molar-refractivity contribution in [1.29, 1.82) is 0 Å². The summed E-state index contributed by atoms with van der Waals surface area (Å²) in [5.41, 5.74) is 1.75. The average Bonchev–Trinajstić information content (AvgIpc) is 2.74. The molecule has 0 aliphatic heterocycles. The molecule has 0 bridgehead atoms. The molecule has 0 aliphatic carbocycles. The van der Waals surface area contributed by atoms with E-state index in [2.05, 4.69) is 0 Å². The van der Waals surface area contributed by atoms with Crippen LogP contribution in [-0.4, -0.2) is 128 Å². The summed E-state index contributed by atoms with van der Waals surface area (Å²) in [7, 11) is 0. The van der Waals surface area contributed by atoms with Crippen LogP contribution in [0.25, 0.3) is 0 Å². The van der Waals surface area contributed by atoms with E-state index in [0.29, 0.717) is 0 Å². The van der Waals surface area contributed by atoms with Gasteiger partial charge in [0.05, 0.1) is 32.7 Å². The fraction of sp³-hybridized carbons (Fsp3) is 0.560. The van der Waals surface area contributed by atoms with Gasteiger partial charge in [0, 0.05) is 25.7 Å². The van der Waals surface area contributed by atoms with Crippen molar-refractivity contribution in [3.63, 3.8) is 0 Å². The van der Waals surface area contributed by atoms with Gasteiger partial charge in [0.15, 0.2) is 0 Å². The quantitative estimate of drug-likeness (QED) is 0.170. The predicted molar refractivity (Wildman–Crippen MR) is 135 cm³/mol. The lowest BCUT2D eigenvalue weighted by atomic mass is 9.86. The van der Waals surface area contributed by atoms with Gasteiger partial charge in [-0.3, -0.25) is 38.7 Å². The fourth-order valence-electron chi connectivity index (χ4n) is 3.99. The highest BCUT2D eigenvalue weighted by Gasteiger charge is 2.27. The molecule has 13 heteroatoms. The number of nitrogens with zero attached hydrogens (tertiary/aromatic N) is 3. The van der Waals surface area contributed by atoms with Gasteiger partial charge in [-0.2, -0.15) is 0 Å². The Morgan fingerprint density at radius 1 is 0.658 bits per heavy atom. The van der Waals surface area contributed by atoms with Crippen LogP contribution in [0.15, 0.2) is 24.3 Å². The van der Waals surface area contributed by atoms with Crippen LogP contribution >= 0.6 is 0 Å². The summed E-state index contributed by atoms with van der Waals surface area (Å²) in [6, 6.07) is 6.84. The zero-order chi connectivity index (χ0) is 29.0. The molecule has 0 radical (unpaired) electrons. The number of carboxylic acids is 5. The Hall–Kier alpha value is -3.55. The summed E-state index contributed by atoms with van der Waals surface area (Å²) in [6.07, 6.45) is 0.217. The third-order valence-corrected chi connectivity index (χ3v) is 5.76. The standard InChI is InChI=1S/C25H37N3O10/c1-25(2,3)18-6-4-17(5-7-18)10-19(28(15-23(35)36)16-24(37)38)11-26(12-20(29)30)8-9-27(13-21(31)32)14-22(33)34/h4-7,19H,8-16H2,1-3H3,(H,29,30)(H,31,32)(H,33,34)(H,35,36)(H,37,38)/t19-/m0/s1. The zero-order valence-electron chi connectivity index (χ0n) is 21.9. The van der Waals surface area contributed by atoms with E-state index in [0.717, 1.165) is 16.0 Å². The van der Waals surface area contributed by atoms with Crippen LogP contribution in [0.4, 0.5) is 0 Å². The van der Waals surface area contributed by atoms with Crippen molar-refractivity contribution in [2.45, 2.75) is 38.6 Å². The maximum absolute atomic E-state index is 11.6. The number of carbonyl (C=O) groups is 5. The second kappa shape index (κ2) is 15.0. The minimum atomic E-state index is -1.25. The molecule has 0 amide bonds. The molecule has 1 aromatic carbocycles. The largest absolute Gasteiger partial charge is 0.480 e. The summed E-state index contributed by atoms with van der Waals surface area (Å²) in [5.74, 6) is -6.20. The molecule has 0 saturated carbocycles. The van der Waals surface area contributed by atoms with Crippen molar-refractivity contribution in [2.24, 2.45) is 0 Å². The Labute approximate surface area is 220 Å². The van der Waals surface area contributed by atoms with Gasteiger partial charge in [0.2, 0.25) is 0 Å². The molecule has 0 unspecified atom stereocenters. The van der Waals surface area contributed by atoms with Crippen LogP contribution in [0.5, 0.6) is 0 Å². The van der Waals surface area contributed by atoms with Crippen LogP contribution in [0.2, 0.25) is 0 Å². The topological polar surface area (TPSA) is 196 Å². The Balaban J connectivity index is 3.26. The fourth-order valence-corrected chi connectivity index (χ4v) is 3.99. The molecule has 1 aromatic rings. The number of rotatable bonds is 18. The molecule has 0 spiro atoms. The molecule has 1 rings (SSSR count). The van der Waals surface area contributed by atoms with Gasteiger partial charge >= 0.3 is 29.8 Å². The van der Waals surface area contributed by atoms with Crippen LogP contribution in [-0.2, 0) is 35.8 Å². The van der Waals surface area contributed by atoms with E-state index < -0.39 is 68.6 Å². The molecular formula is C25H37N3O10. The maximum Gasteiger partial charge on any atom is 0.317 e. The highest BCUT2D eigenvalue weighted by molar-refractivity contribution is 5.73. The molecule has 0 fully saturated rings. The van der Waals surface area contributed by atoms with Gasteiger partial charge in [-0.1, -0.05) is 45.0 Å². The average molecular weight is 540 g/mol. The van der Waals surface area contributed by atoms with Crippen molar-refractivity contribution in [1.82, 2.24) is 14.7 Å². The van der Waals surface area contributed by atoms with Crippen molar-refractivity contribution < 1.29 is 49.5 Å². The first kappa shape index (κ1) is 32.5. The minimum absolute atomic E-state index is 0.0414. The van der Waals surface area contributed by atoms with Crippen molar-refractivity contribution >= 4 is 29.8 Å². The predicted octanol–water partition coefficient (Wildman–Crippen LogP) is 0.224. The maximum atomic E-state index is 11.6. The number of hydrogen-bond acceptors (Lipinski definition) is 8. The second-order valence-electron chi connectivity index (χ2n) is 10.1. The molecule has 0 aliphatic rings. The lowest BCUT2D eigenvalue weighted by Crippen LogP contribution is -2.51. The second-order valence-corrected chi connectivity index (χ2v) is 10.1. The molecule has 1 atom stereocenters. The third kappa shape index (κ3) is 13.1. The van der Waals surface area contributed by atoms with Gasteiger partial charge in [-0.15, -0.1) is 0 Å². The molecular weight excluding hydrogens is 502 g/mol.